The molecule has 7 nitrogen and oxygen atoms in total. The fraction of sp³-hybridized carbons (Fsp3) is 0.667. The summed E-state index contributed by atoms with van der Waals surface area (Å²) in [5, 5.41) is 17.3. The van der Waals surface area contributed by atoms with Crippen LogP contribution in [0.3, 0.4) is 0 Å². The Balaban J connectivity index is 2.14. The Labute approximate surface area is 122 Å². The van der Waals surface area contributed by atoms with Gasteiger partial charge in [-0.25, -0.2) is 4.98 Å². The molecule has 0 amide bonds. The number of thioether (sulfide) groups is 1. The lowest BCUT2D eigenvalue weighted by atomic mass is 10.1. The van der Waals surface area contributed by atoms with Gasteiger partial charge in [0.2, 0.25) is 11.8 Å². The van der Waals surface area contributed by atoms with Crippen LogP contribution in [0.5, 0.6) is 0 Å². The van der Waals surface area contributed by atoms with E-state index in [2.05, 4.69) is 20.6 Å². The summed E-state index contributed by atoms with van der Waals surface area (Å²) in [6.45, 7) is 2.79. The van der Waals surface area contributed by atoms with Crippen LogP contribution >= 0.6 is 11.8 Å². The summed E-state index contributed by atoms with van der Waals surface area (Å²) in [6.07, 6.45) is 4.22. The molecular weight excluding hydrogens is 278 g/mol. The molecule has 1 aliphatic rings. The van der Waals surface area contributed by atoms with Gasteiger partial charge in [-0.1, -0.05) is 6.92 Å². The Kier molecular flexibility index (Phi) is 5.40. The van der Waals surface area contributed by atoms with Crippen molar-refractivity contribution in [2.24, 2.45) is 0 Å². The van der Waals surface area contributed by atoms with Crippen LogP contribution in [0.1, 0.15) is 26.2 Å². The molecule has 0 radical (unpaired) electrons. The topological polar surface area (TPSA) is 93.0 Å². The van der Waals surface area contributed by atoms with Crippen LogP contribution in [0.2, 0.25) is 0 Å². The van der Waals surface area contributed by atoms with Crippen molar-refractivity contribution in [3.63, 3.8) is 0 Å². The minimum Gasteiger partial charge on any atom is -0.361 e. The lowest BCUT2D eigenvalue weighted by molar-refractivity contribution is -0.384. The molecule has 0 saturated carbocycles. The zero-order chi connectivity index (χ0) is 14.4. The Bertz CT molecular complexity index is 465. The SMILES string of the molecule is CCCNc1ncc([N+](=O)[O-])c(NC2CCSCC2)n1. The van der Waals surface area contributed by atoms with Gasteiger partial charge in [-0.05, 0) is 30.8 Å². The van der Waals surface area contributed by atoms with Crippen LogP contribution in [-0.2, 0) is 0 Å². The third kappa shape index (κ3) is 3.96. The molecule has 1 saturated heterocycles. The van der Waals surface area contributed by atoms with Crippen LogP contribution in [0.25, 0.3) is 0 Å². The molecule has 1 aromatic rings. The summed E-state index contributed by atoms with van der Waals surface area (Å²) in [5.74, 6) is 2.92. The second-order valence-electron chi connectivity index (χ2n) is 4.64. The molecule has 0 aliphatic carbocycles. The summed E-state index contributed by atoms with van der Waals surface area (Å²) < 4.78 is 0. The normalized spacial score (nSPS) is 15.8. The van der Waals surface area contributed by atoms with E-state index in [0.717, 1.165) is 37.3 Å². The Morgan fingerprint density at radius 3 is 2.90 bits per heavy atom. The summed E-state index contributed by atoms with van der Waals surface area (Å²) in [4.78, 5) is 18.8. The fourth-order valence-corrected chi connectivity index (χ4v) is 3.08. The number of aromatic nitrogens is 2. The largest absolute Gasteiger partial charge is 0.361 e. The molecule has 8 heteroatoms. The van der Waals surface area contributed by atoms with Gasteiger partial charge < -0.3 is 10.6 Å². The molecule has 2 rings (SSSR count). The lowest BCUT2D eigenvalue weighted by Gasteiger charge is -2.22. The highest BCUT2D eigenvalue weighted by atomic mass is 32.2. The monoisotopic (exact) mass is 297 g/mol. The molecule has 2 N–H and O–H groups in total. The first-order valence-electron chi connectivity index (χ1n) is 6.80. The van der Waals surface area contributed by atoms with E-state index in [-0.39, 0.29) is 11.7 Å². The van der Waals surface area contributed by atoms with Gasteiger partial charge in [0.05, 0.1) is 4.92 Å². The number of hydrogen-bond acceptors (Lipinski definition) is 7. The molecular formula is C12H19N5O2S. The van der Waals surface area contributed by atoms with Gasteiger partial charge in [0.15, 0.2) is 0 Å². The van der Waals surface area contributed by atoms with E-state index < -0.39 is 4.92 Å². The molecule has 0 bridgehead atoms. The Hall–Kier alpha value is -1.57. The minimum atomic E-state index is -0.441. The fourth-order valence-electron chi connectivity index (χ4n) is 1.97. The van der Waals surface area contributed by atoms with Gasteiger partial charge in [-0.15, -0.1) is 0 Å². The van der Waals surface area contributed by atoms with E-state index in [4.69, 9.17) is 0 Å². The second-order valence-corrected chi connectivity index (χ2v) is 5.87. The number of rotatable bonds is 6. The molecule has 0 atom stereocenters. The number of nitro groups is 1. The van der Waals surface area contributed by atoms with E-state index >= 15 is 0 Å². The summed E-state index contributed by atoms with van der Waals surface area (Å²) in [6, 6.07) is 0.254. The number of nitrogens with zero attached hydrogens (tertiary/aromatic N) is 3. The van der Waals surface area contributed by atoms with Gasteiger partial charge in [-0.2, -0.15) is 16.7 Å². The molecule has 110 valence electrons. The molecule has 1 aliphatic heterocycles. The maximum absolute atomic E-state index is 11.0. The average Bonchev–Trinajstić information content (AvgIpc) is 2.46. The van der Waals surface area contributed by atoms with E-state index in [1.807, 2.05) is 18.7 Å². The summed E-state index contributed by atoms with van der Waals surface area (Å²) in [5.41, 5.74) is -0.0646. The zero-order valence-electron chi connectivity index (χ0n) is 11.5. The molecule has 0 aromatic carbocycles. The standard InChI is InChI=1S/C12H19N5O2S/c1-2-5-13-12-14-8-10(17(18)19)11(16-12)15-9-3-6-20-7-4-9/h8-9H,2-7H2,1H3,(H2,13,14,15,16). The van der Waals surface area contributed by atoms with Crippen molar-refractivity contribution < 1.29 is 4.92 Å². The Morgan fingerprint density at radius 1 is 1.50 bits per heavy atom. The van der Waals surface area contributed by atoms with Gasteiger partial charge in [0.25, 0.3) is 0 Å². The quantitative estimate of drug-likeness (QED) is 0.615. The van der Waals surface area contributed by atoms with Gasteiger partial charge in [-0.3, -0.25) is 10.1 Å². The third-order valence-electron chi connectivity index (χ3n) is 3.06. The highest BCUT2D eigenvalue weighted by molar-refractivity contribution is 7.99. The van der Waals surface area contributed by atoms with Crippen molar-refractivity contribution in [3.8, 4) is 0 Å². The average molecular weight is 297 g/mol. The van der Waals surface area contributed by atoms with Gasteiger partial charge >= 0.3 is 5.69 Å². The first-order chi connectivity index (χ1) is 9.70. The summed E-state index contributed by atoms with van der Waals surface area (Å²) in [7, 11) is 0. The van der Waals surface area contributed by atoms with E-state index in [0.29, 0.717) is 11.8 Å². The van der Waals surface area contributed by atoms with Crippen LogP contribution in [-0.4, -0.2) is 39.0 Å². The van der Waals surface area contributed by atoms with Crippen molar-refractivity contribution in [3.05, 3.63) is 16.3 Å². The molecule has 2 heterocycles. The van der Waals surface area contributed by atoms with Crippen molar-refractivity contribution in [2.45, 2.75) is 32.2 Å². The van der Waals surface area contributed by atoms with E-state index in [1.165, 1.54) is 6.20 Å². The Morgan fingerprint density at radius 2 is 2.25 bits per heavy atom. The van der Waals surface area contributed by atoms with Crippen LogP contribution in [0.4, 0.5) is 17.5 Å². The number of nitrogens with one attached hydrogen (secondary N) is 2. The number of anilines is 2. The predicted molar refractivity (Wildman–Crippen MR) is 81.4 cm³/mol. The van der Waals surface area contributed by atoms with Crippen molar-refractivity contribution in [1.29, 1.82) is 0 Å². The highest BCUT2D eigenvalue weighted by Crippen LogP contribution is 2.26. The molecule has 1 fully saturated rings. The van der Waals surface area contributed by atoms with Gasteiger partial charge in [0.1, 0.15) is 6.20 Å². The molecule has 20 heavy (non-hydrogen) atoms. The molecule has 1 aromatic heterocycles. The zero-order valence-corrected chi connectivity index (χ0v) is 12.3. The lowest BCUT2D eigenvalue weighted by Crippen LogP contribution is -2.25. The molecule has 0 unspecified atom stereocenters. The van der Waals surface area contributed by atoms with Crippen LogP contribution < -0.4 is 10.6 Å². The van der Waals surface area contributed by atoms with E-state index in [1.54, 1.807) is 0 Å². The van der Waals surface area contributed by atoms with Crippen LogP contribution in [0, 0.1) is 10.1 Å². The van der Waals surface area contributed by atoms with E-state index in [9.17, 15) is 10.1 Å². The first-order valence-corrected chi connectivity index (χ1v) is 7.95. The second kappa shape index (κ2) is 7.28. The maximum Gasteiger partial charge on any atom is 0.329 e. The maximum atomic E-state index is 11.0. The van der Waals surface area contributed by atoms with Crippen molar-refractivity contribution >= 4 is 29.2 Å². The first kappa shape index (κ1) is 14.8. The van der Waals surface area contributed by atoms with Crippen molar-refractivity contribution in [2.75, 3.05) is 28.7 Å². The summed E-state index contributed by atoms with van der Waals surface area (Å²) >= 11 is 1.91. The third-order valence-corrected chi connectivity index (χ3v) is 4.11. The minimum absolute atomic E-state index is 0.0646. The molecule has 0 spiro atoms. The van der Waals surface area contributed by atoms with Crippen LogP contribution in [0.15, 0.2) is 6.20 Å². The van der Waals surface area contributed by atoms with Crippen molar-refractivity contribution in [1.82, 2.24) is 9.97 Å². The number of hydrogen-bond donors (Lipinski definition) is 2. The van der Waals surface area contributed by atoms with Gasteiger partial charge in [0, 0.05) is 12.6 Å². The predicted octanol–water partition coefficient (Wildman–Crippen LogP) is 2.51. The highest BCUT2D eigenvalue weighted by Gasteiger charge is 2.21. The smallest absolute Gasteiger partial charge is 0.329 e.